The molecule has 0 aliphatic carbocycles. The maximum absolute atomic E-state index is 11.3. The molecule has 2 aromatic rings. The third kappa shape index (κ3) is 4.10. The van der Waals surface area contributed by atoms with Crippen molar-refractivity contribution in [1.29, 1.82) is 0 Å². The molecule has 2 aromatic carbocycles. The number of anilines is 1. The quantitative estimate of drug-likeness (QED) is 0.594. The zero-order valence-electron chi connectivity index (χ0n) is 13.0. The van der Waals surface area contributed by atoms with Crippen LogP contribution in [0.4, 0.5) is 5.69 Å². The molecule has 22 heavy (non-hydrogen) atoms. The molecular formula is C19H23NO2. The molecule has 0 aliphatic rings. The smallest absolute Gasteiger partial charge is 0.335 e. The lowest BCUT2D eigenvalue weighted by Crippen LogP contribution is -2.07. The number of aryl methyl sites for hydroxylation is 1. The highest BCUT2D eigenvalue weighted by Gasteiger charge is 2.13. The Labute approximate surface area is 131 Å². The highest BCUT2D eigenvalue weighted by Crippen LogP contribution is 2.23. The molecule has 3 nitrogen and oxygen atoms in total. The normalized spacial score (nSPS) is 10.6. The van der Waals surface area contributed by atoms with Gasteiger partial charge in [-0.1, -0.05) is 36.8 Å². The summed E-state index contributed by atoms with van der Waals surface area (Å²) in [5, 5.41) is 9.29. The van der Waals surface area contributed by atoms with Gasteiger partial charge in [-0.25, -0.2) is 4.79 Å². The van der Waals surface area contributed by atoms with Gasteiger partial charge in [-0.3, -0.25) is 0 Å². The zero-order valence-corrected chi connectivity index (χ0v) is 13.0. The standard InChI is InChI=1S/C19H23NO2/c1-14-16(17(19(21)22)12-13-18(14)20)11-7-3-6-10-15-8-4-2-5-9-15/h2,4-5,8-9,12-13H,3,6-7,10-11,20H2,1H3,(H,21,22). The highest BCUT2D eigenvalue weighted by molar-refractivity contribution is 5.90. The molecule has 0 aromatic heterocycles. The predicted octanol–water partition coefficient (Wildman–Crippen LogP) is 4.23. The van der Waals surface area contributed by atoms with Crippen molar-refractivity contribution in [3.8, 4) is 0 Å². The molecule has 2 rings (SSSR count). The van der Waals surface area contributed by atoms with Crippen LogP contribution in [0.15, 0.2) is 42.5 Å². The number of nitrogen functional groups attached to an aromatic ring is 1. The summed E-state index contributed by atoms with van der Waals surface area (Å²) in [6, 6.07) is 13.7. The second-order valence-electron chi connectivity index (χ2n) is 5.66. The minimum atomic E-state index is -0.873. The first-order valence-electron chi connectivity index (χ1n) is 7.74. The van der Waals surface area contributed by atoms with Crippen molar-refractivity contribution in [1.82, 2.24) is 0 Å². The van der Waals surface area contributed by atoms with Crippen molar-refractivity contribution < 1.29 is 9.90 Å². The third-order valence-corrected chi connectivity index (χ3v) is 4.11. The Kier molecular flexibility index (Phi) is 5.59. The van der Waals surface area contributed by atoms with E-state index >= 15 is 0 Å². The first-order valence-corrected chi connectivity index (χ1v) is 7.74. The van der Waals surface area contributed by atoms with Crippen LogP contribution in [-0.2, 0) is 12.8 Å². The molecule has 0 fully saturated rings. The van der Waals surface area contributed by atoms with E-state index in [2.05, 4.69) is 24.3 Å². The van der Waals surface area contributed by atoms with Crippen molar-refractivity contribution in [2.24, 2.45) is 0 Å². The Morgan fingerprint density at radius 1 is 1.00 bits per heavy atom. The van der Waals surface area contributed by atoms with Crippen molar-refractivity contribution in [3.05, 3.63) is 64.7 Å². The lowest BCUT2D eigenvalue weighted by atomic mass is 9.95. The van der Waals surface area contributed by atoms with Gasteiger partial charge in [0.1, 0.15) is 0 Å². The van der Waals surface area contributed by atoms with Crippen LogP contribution in [0.3, 0.4) is 0 Å². The monoisotopic (exact) mass is 297 g/mol. The molecular weight excluding hydrogens is 274 g/mol. The van der Waals surface area contributed by atoms with Crippen molar-refractivity contribution in [3.63, 3.8) is 0 Å². The van der Waals surface area contributed by atoms with Crippen LogP contribution in [0, 0.1) is 6.92 Å². The zero-order chi connectivity index (χ0) is 15.9. The summed E-state index contributed by atoms with van der Waals surface area (Å²) < 4.78 is 0. The Bertz CT molecular complexity index is 635. The van der Waals surface area contributed by atoms with E-state index in [0.29, 0.717) is 11.3 Å². The van der Waals surface area contributed by atoms with Crippen molar-refractivity contribution >= 4 is 11.7 Å². The largest absolute Gasteiger partial charge is 0.478 e. The molecule has 116 valence electrons. The summed E-state index contributed by atoms with van der Waals surface area (Å²) in [6.45, 7) is 1.90. The van der Waals surface area contributed by atoms with Gasteiger partial charge in [0.15, 0.2) is 0 Å². The van der Waals surface area contributed by atoms with E-state index in [0.717, 1.165) is 43.2 Å². The van der Waals surface area contributed by atoms with Gasteiger partial charge in [-0.05, 0) is 61.4 Å². The molecule has 0 heterocycles. The number of carboxylic acid groups (broad SMARTS) is 1. The molecule has 0 bridgehead atoms. The number of rotatable bonds is 7. The van der Waals surface area contributed by atoms with E-state index < -0.39 is 5.97 Å². The molecule has 0 saturated heterocycles. The van der Waals surface area contributed by atoms with E-state index in [1.165, 1.54) is 5.56 Å². The number of benzene rings is 2. The van der Waals surface area contributed by atoms with Crippen molar-refractivity contribution in [2.45, 2.75) is 39.0 Å². The highest BCUT2D eigenvalue weighted by atomic mass is 16.4. The molecule has 3 N–H and O–H groups in total. The van der Waals surface area contributed by atoms with Gasteiger partial charge in [0.25, 0.3) is 0 Å². The van der Waals surface area contributed by atoms with Gasteiger partial charge < -0.3 is 10.8 Å². The maximum atomic E-state index is 11.3. The molecule has 3 heteroatoms. The van der Waals surface area contributed by atoms with Crippen LogP contribution in [-0.4, -0.2) is 11.1 Å². The SMILES string of the molecule is Cc1c(N)ccc(C(=O)O)c1CCCCCc1ccccc1. The fourth-order valence-corrected chi connectivity index (χ4v) is 2.75. The van der Waals surface area contributed by atoms with Gasteiger partial charge in [-0.2, -0.15) is 0 Å². The van der Waals surface area contributed by atoms with Crippen LogP contribution >= 0.6 is 0 Å². The molecule has 0 unspecified atom stereocenters. The topological polar surface area (TPSA) is 63.3 Å². The van der Waals surface area contributed by atoms with E-state index in [-0.39, 0.29) is 0 Å². The van der Waals surface area contributed by atoms with Crippen LogP contribution < -0.4 is 5.73 Å². The lowest BCUT2D eigenvalue weighted by molar-refractivity contribution is 0.0695. The number of aromatic carboxylic acids is 1. The number of unbranched alkanes of at least 4 members (excludes halogenated alkanes) is 2. The van der Waals surface area contributed by atoms with Gasteiger partial charge in [0.2, 0.25) is 0 Å². The number of hydrogen-bond acceptors (Lipinski definition) is 2. The fourth-order valence-electron chi connectivity index (χ4n) is 2.75. The molecule has 0 saturated carbocycles. The lowest BCUT2D eigenvalue weighted by Gasteiger charge is -2.12. The average Bonchev–Trinajstić information content (AvgIpc) is 2.51. The molecule has 0 aliphatic heterocycles. The van der Waals surface area contributed by atoms with E-state index in [1.54, 1.807) is 12.1 Å². The predicted molar refractivity (Wildman–Crippen MR) is 90.3 cm³/mol. The second kappa shape index (κ2) is 7.64. The van der Waals surface area contributed by atoms with Gasteiger partial charge in [-0.15, -0.1) is 0 Å². The van der Waals surface area contributed by atoms with Gasteiger partial charge in [0, 0.05) is 5.69 Å². The summed E-state index contributed by atoms with van der Waals surface area (Å²) in [6.07, 6.45) is 5.03. The number of nitrogens with two attached hydrogens (primary N) is 1. The van der Waals surface area contributed by atoms with Crippen molar-refractivity contribution in [2.75, 3.05) is 5.73 Å². The molecule has 0 radical (unpaired) electrons. The Hall–Kier alpha value is -2.29. The summed E-state index contributed by atoms with van der Waals surface area (Å²) in [7, 11) is 0. The van der Waals surface area contributed by atoms with Gasteiger partial charge >= 0.3 is 5.97 Å². The van der Waals surface area contributed by atoms with Crippen LogP contribution in [0.5, 0.6) is 0 Å². The average molecular weight is 297 g/mol. The summed E-state index contributed by atoms with van der Waals surface area (Å²) in [5.74, 6) is -0.873. The van der Waals surface area contributed by atoms with Gasteiger partial charge in [0.05, 0.1) is 5.56 Å². The van der Waals surface area contributed by atoms with E-state index in [9.17, 15) is 9.90 Å². The number of carboxylic acids is 1. The van der Waals surface area contributed by atoms with Crippen LogP contribution in [0.1, 0.15) is 46.3 Å². The maximum Gasteiger partial charge on any atom is 0.335 e. The number of carbonyl (C=O) groups is 1. The summed E-state index contributed by atoms with van der Waals surface area (Å²) >= 11 is 0. The van der Waals surface area contributed by atoms with E-state index in [1.807, 2.05) is 13.0 Å². The minimum absolute atomic E-state index is 0.384. The number of hydrogen-bond donors (Lipinski definition) is 2. The molecule has 0 amide bonds. The fraction of sp³-hybridized carbons (Fsp3) is 0.316. The third-order valence-electron chi connectivity index (χ3n) is 4.11. The Balaban J connectivity index is 1.89. The minimum Gasteiger partial charge on any atom is -0.478 e. The second-order valence-corrected chi connectivity index (χ2v) is 5.66. The Morgan fingerprint density at radius 2 is 1.68 bits per heavy atom. The summed E-state index contributed by atoms with van der Waals surface area (Å²) in [4.78, 5) is 11.3. The Morgan fingerprint density at radius 3 is 2.36 bits per heavy atom. The summed E-state index contributed by atoms with van der Waals surface area (Å²) in [5.41, 5.74) is 10.1. The molecule has 0 spiro atoms. The van der Waals surface area contributed by atoms with Crippen LogP contribution in [0.2, 0.25) is 0 Å². The first kappa shape index (κ1) is 16.1. The molecule has 0 atom stereocenters. The van der Waals surface area contributed by atoms with E-state index in [4.69, 9.17) is 5.73 Å². The van der Waals surface area contributed by atoms with Crippen LogP contribution in [0.25, 0.3) is 0 Å². The first-order chi connectivity index (χ1) is 10.6.